The van der Waals surface area contributed by atoms with Crippen LogP contribution < -0.4 is 0 Å². The molecule has 0 atom stereocenters. The van der Waals surface area contributed by atoms with Crippen molar-refractivity contribution < 1.29 is 14.4 Å². The van der Waals surface area contributed by atoms with E-state index in [1.807, 2.05) is 9.80 Å². The van der Waals surface area contributed by atoms with Crippen molar-refractivity contribution in [1.29, 1.82) is 0 Å². The fourth-order valence-corrected chi connectivity index (χ4v) is 5.77. The zero-order valence-electron chi connectivity index (χ0n) is 19.1. The Labute approximate surface area is 187 Å². The smallest absolute Gasteiger partial charge is 0.236 e. The lowest BCUT2D eigenvalue weighted by molar-refractivity contribution is -0.142. The number of nitrogens with zero attached hydrogens (tertiary/aromatic N) is 4. The Morgan fingerprint density at radius 3 is 1.61 bits per heavy atom. The van der Waals surface area contributed by atoms with Crippen LogP contribution in [0.5, 0.6) is 0 Å². The summed E-state index contributed by atoms with van der Waals surface area (Å²) in [5.41, 5.74) is 0. The minimum Gasteiger partial charge on any atom is -0.342 e. The number of piperazine rings is 1. The van der Waals surface area contributed by atoms with Crippen molar-refractivity contribution in [2.45, 2.75) is 64.2 Å². The fraction of sp³-hybridized carbons (Fsp3) is 0.875. The van der Waals surface area contributed by atoms with E-state index in [-0.39, 0.29) is 17.7 Å². The third kappa shape index (κ3) is 5.79. The predicted octanol–water partition coefficient (Wildman–Crippen LogP) is 1.96. The molecule has 4 rings (SSSR count). The van der Waals surface area contributed by atoms with Crippen LogP contribution in [0.25, 0.3) is 0 Å². The fourth-order valence-electron chi connectivity index (χ4n) is 5.77. The standard InChI is InChI=1S/C24H40N4O3/c29-22(19-25-15-17-28(18-16-25)23(30)20-7-3-4-8-20)26-13-9-21(10-14-26)24(31)27-11-5-1-2-6-12-27/h20-21H,1-19H2. The monoisotopic (exact) mass is 432 g/mol. The number of hydrogen-bond acceptors (Lipinski definition) is 4. The van der Waals surface area contributed by atoms with E-state index in [0.29, 0.717) is 31.4 Å². The van der Waals surface area contributed by atoms with Crippen LogP contribution in [0.4, 0.5) is 0 Å². The van der Waals surface area contributed by atoms with E-state index in [0.717, 1.165) is 77.8 Å². The second kappa shape index (κ2) is 10.8. The molecule has 0 spiro atoms. The highest BCUT2D eigenvalue weighted by Crippen LogP contribution is 2.27. The number of amides is 3. The van der Waals surface area contributed by atoms with E-state index >= 15 is 0 Å². The highest BCUT2D eigenvalue weighted by atomic mass is 16.2. The van der Waals surface area contributed by atoms with Crippen LogP contribution in [0.2, 0.25) is 0 Å². The molecule has 1 saturated carbocycles. The molecule has 7 heteroatoms. The van der Waals surface area contributed by atoms with E-state index in [1.54, 1.807) is 0 Å². The summed E-state index contributed by atoms with van der Waals surface area (Å²) in [4.78, 5) is 46.5. The van der Waals surface area contributed by atoms with E-state index in [9.17, 15) is 14.4 Å². The number of carbonyl (C=O) groups excluding carboxylic acids is 3. The molecule has 0 unspecified atom stereocenters. The Kier molecular flexibility index (Phi) is 7.86. The highest BCUT2D eigenvalue weighted by molar-refractivity contribution is 5.81. The largest absolute Gasteiger partial charge is 0.342 e. The summed E-state index contributed by atoms with van der Waals surface area (Å²) in [5.74, 6) is 1.16. The van der Waals surface area contributed by atoms with Gasteiger partial charge in [-0.2, -0.15) is 0 Å². The maximum atomic E-state index is 12.9. The summed E-state index contributed by atoms with van der Waals surface area (Å²) in [6.07, 6.45) is 10.8. The summed E-state index contributed by atoms with van der Waals surface area (Å²) < 4.78 is 0. The molecule has 3 saturated heterocycles. The van der Waals surface area contributed by atoms with Gasteiger partial charge in [0.15, 0.2) is 0 Å². The Morgan fingerprint density at radius 2 is 1.03 bits per heavy atom. The van der Waals surface area contributed by atoms with Gasteiger partial charge in [-0.1, -0.05) is 25.7 Å². The van der Waals surface area contributed by atoms with Crippen LogP contribution in [-0.2, 0) is 14.4 Å². The van der Waals surface area contributed by atoms with Crippen molar-refractivity contribution in [1.82, 2.24) is 19.6 Å². The lowest BCUT2D eigenvalue weighted by Crippen LogP contribution is -2.53. The number of piperidine rings is 1. The van der Waals surface area contributed by atoms with Gasteiger partial charge >= 0.3 is 0 Å². The van der Waals surface area contributed by atoms with Crippen molar-refractivity contribution >= 4 is 17.7 Å². The number of hydrogen-bond donors (Lipinski definition) is 0. The van der Waals surface area contributed by atoms with Crippen molar-refractivity contribution in [2.75, 3.05) is 58.9 Å². The molecule has 0 aromatic heterocycles. The van der Waals surface area contributed by atoms with Crippen molar-refractivity contribution in [3.05, 3.63) is 0 Å². The van der Waals surface area contributed by atoms with Gasteiger partial charge in [-0.15, -0.1) is 0 Å². The summed E-state index contributed by atoms with van der Waals surface area (Å²) in [5, 5.41) is 0. The van der Waals surface area contributed by atoms with Gasteiger partial charge in [0.25, 0.3) is 0 Å². The van der Waals surface area contributed by atoms with Crippen LogP contribution in [0.15, 0.2) is 0 Å². The van der Waals surface area contributed by atoms with Crippen LogP contribution in [-0.4, -0.2) is 96.2 Å². The molecule has 3 aliphatic heterocycles. The van der Waals surface area contributed by atoms with Gasteiger partial charge in [0.05, 0.1) is 6.54 Å². The second-order valence-electron chi connectivity index (χ2n) is 9.98. The lowest BCUT2D eigenvalue weighted by Gasteiger charge is -2.38. The van der Waals surface area contributed by atoms with Gasteiger partial charge in [-0.25, -0.2) is 0 Å². The quantitative estimate of drug-likeness (QED) is 0.681. The molecule has 174 valence electrons. The second-order valence-corrected chi connectivity index (χ2v) is 9.98. The minimum absolute atomic E-state index is 0.0901. The summed E-state index contributed by atoms with van der Waals surface area (Å²) in [6, 6.07) is 0. The third-order valence-corrected chi connectivity index (χ3v) is 7.86. The molecule has 0 aromatic rings. The molecule has 31 heavy (non-hydrogen) atoms. The Hall–Kier alpha value is -1.63. The number of carbonyl (C=O) groups is 3. The molecule has 0 aromatic carbocycles. The van der Waals surface area contributed by atoms with Crippen LogP contribution in [0.3, 0.4) is 0 Å². The molecule has 4 fully saturated rings. The summed E-state index contributed by atoms with van der Waals surface area (Å²) in [7, 11) is 0. The van der Waals surface area contributed by atoms with E-state index in [2.05, 4.69) is 9.80 Å². The highest BCUT2D eigenvalue weighted by Gasteiger charge is 2.32. The van der Waals surface area contributed by atoms with Crippen LogP contribution in [0, 0.1) is 11.8 Å². The first-order valence-corrected chi connectivity index (χ1v) is 12.7. The summed E-state index contributed by atoms with van der Waals surface area (Å²) >= 11 is 0. The molecule has 1 aliphatic carbocycles. The molecular formula is C24H40N4O3. The van der Waals surface area contributed by atoms with Gasteiger partial charge < -0.3 is 14.7 Å². The normalized spacial score (nSPS) is 25.0. The van der Waals surface area contributed by atoms with Crippen LogP contribution in [0.1, 0.15) is 64.2 Å². The van der Waals surface area contributed by atoms with E-state index in [4.69, 9.17) is 0 Å². The van der Waals surface area contributed by atoms with Gasteiger partial charge in [0, 0.05) is 64.2 Å². The Balaban J connectivity index is 1.16. The molecule has 4 aliphatic rings. The molecule has 3 amide bonds. The average Bonchev–Trinajstić information content (AvgIpc) is 3.21. The number of likely N-dealkylation sites (tertiary alicyclic amines) is 2. The zero-order valence-corrected chi connectivity index (χ0v) is 19.1. The first-order chi connectivity index (χ1) is 15.1. The van der Waals surface area contributed by atoms with Crippen molar-refractivity contribution in [2.24, 2.45) is 11.8 Å². The SMILES string of the molecule is O=C(CN1CCN(C(=O)C2CCCC2)CC1)N1CCC(C(=O)N2CCCCCC2)CC1. The van der Waals surface area contributed by atoms with Gasteiger partial charge in [0.1, 0.15) is 0 Å². The predicted molar refractivity (Wildman–Crippen MR) is 119 cm³/mol. The molecule has 0 bridgehead atoms. The average molecular weight is 433 g/mol. The maximum absolute atomic E-state index is 12.9. The molecular weight excluding hydrogens is 392 g/mol. The van der Waals surface area contributed by atoms with Crippen molar-refractivity contribution in [3.63, 3.8) is 0 Å². The van der Waals surface area contributed by atoms with Crippen molar-refractivity contribution in [3.8, 4) is 0 Å². The molecule has 7 nitrogen and oxygen atoms in total. The molecule has 0 N–H and O–H groups in total. The Morgan fingerprint density at radius 1 is 0.516 bits per heavy atom. The molecule has 0 radical (unpaired) electrons. The minimum atomic E-state index is 0.0901. The Bertz CT molecular complexity index is 625. The third-order valence-electron chi connectivity index (χ3n) is 7.86. The van der Waals surface area contributed by atoms with Crippen LogP contribution >= 0.6 is 0 Å². The van der Waals surface area contributed by atoms with E-state index in [1.165, 1.54) is 25.7 Å². The van der Waals surface area contributed by atoms with Gasteiger partial charge in [-0.05, 0) is 38.5 Å². The van der Waals surface area contributed by atoms with Gasteiger partial charge in [-0.3, -0.25) is 19.3 Å². The first-order valence-electron chi connectivity index (χ1n) is 12.7. The lowest BCUT2D eigenvalue weighted by atomic mass is 9.95. The number of rotatable bonds is 4. The zero-order chi connectivity index (χ0) is 21.6. The first kappa shape index (κ1) is 22.6. The molecule has 3 heterocycles. The van der Waals surface area contributed by atoms with E-state index < -0.39 is 0 Å². The topological polar surface area (TPSA) is 64.2 Å². The van der Waals surface area contributed by atoms with Gasteiger partial charge in [0.2, 0.25) is 17.7 Å². The maximum Gasteiger partial charge on any atom is 0.236 e. The summed E-state index contributed by atoms with van der Waals surface area (Å²) in [6.45, 7) is 6.72.